The molecule has 3 heteroatoms. The molecule has 1 unspecified atom stereocenters. The number of carbonyl (C=O) groups is 1. The monoisotopic (exact) mass is 144 g/mol. The van der Waals surface area contributed by atoms with E-state index in [4.69, 9.17) is 9.84 Å². The Morgan fingerprint density at radius 1 is 1.70 bits per heavy atom. The van der Waals surface area contributed by atoms with Gasteiger partial charge in [-0.05, 0) is 12.8 Å². The van der Waals surface area contributed by atoms with Crippen LogP contribution in [0.3, 0.4) is 0 Å². The summed E-state index contributed by atoms with van der Waals surface area (Å²) in [7, 11) is 0. The summed E-state index contributed by atoms with van der Waals surface area (Å²) >= 11 is 0. The summed E-state index contributed by atoms with van der Waals surface area (Å²) < 4.78 is 5.06. The highest BCUT2D eigenvalue weighted by Crippen LogP contribution is 2.29. The third kappa shape index (κ3) is 1.36. The van der Waals surface area contributed by atoms with Crippen molar-refractivity contribution in [3.8, 4) is 0 Å². The van der Waals surface area contributed by atoms with Crippen molar-refractivity contribution in [2.45, 2.75) is 12.8 Å². The molecule has 0 aliphatic carbocycles. The SMILES string of the molecule is O=CC1(CCO)CCOC1. The first kappa shape index (κ1) is 7.69. The molecule has 1 atom stereocenters. The molecule has 0 radical (unpaired) electrons. The number of aldehydes is 1. The van der Waals surface area contributed by atoms with E-state index in [0.717, 1.165) is 12.7 Å². The fourth-order valence-electron chi connectivity index (χ4n) is 1.19. The van der Waals surface area contributed by atoms with E-state index >= 15 is 0 Å². The Bertz CT molecular complexity index is 116. The van der Waals surface area contributed by atoms with Crippen molar-refractivity contribution in [1.82, 2.24) is 0 Å². The molecule has 1 aliphatic rings. The fourth-order valence-corrected chi connectivity index (χ4v) is 1.19. The predicted molar refractivity (Wildman–Crippen MR) is 35.6 cm³/mol. The first-order valence-electron chi connectivity index (χ1n) is 3.48. The Morgan fingerprint density at radius 3 is 2.90 bits per heavy atom. The predicted octanol–water partition coefficient (Wildman–Crippen LogP) is -0.0256. The van der Waals surface area contributed by atoms with Crippen LogP contribution in [0.2, 0.25) is 0 Å². The first-order valence-corrected chi connectivity index (χ1v) is 3.48. The van der Waals surface area contributed by atoms with Gasteiger partial charge in [0.15, 0.2) is 0 Å². The standard InChI is InChI=1S/C7H12O3/c8-3-1-7(5-9)2-4-10-6-7/h5,8H,1-4,6H2. The van der Waals surface area contributed by atoms with Gasteiger partial charge in [-0.25, -0.2) is 0 Å². The molecule has 0 aromatic heterocycles. The van der Waals surface area contributed by atoms with Crippen LogP contribution in [-0.2, 0) is 9.53 Å². The van der Waals surface area contributed by atoms with Gasteiger partial charge in [0, 0.05) is 13.2 Å². The Labute approximate surface area is 60.0 Å². The number of ether oxygens (including phenoxy) is 1. The second kappa shape index (κ2) is 3.12. The average molecular weight is 144 g/mol. The number of aliphatic hydroxyl groups is 1. The normalized spacial score (nSPS) is 32.5. The van der Waals surface area contributed by atoms with Gasteiger partial charge in [-0.3, -0.25) is 0 Å². The lowest BCUT2D eigenvalue weighted by atomic mass is 9.86. The number of hydrogen-bond donors (Lipinski definition) is 1. The van der Waals surface area contributed by atoms with Gasteiger partial charge < -0.3 is 14.6 Å². The summed E-state index contributed by atoms with van der Waals surface area (Å²) in [4.78, 5) is 10.5. The molecular formula is C7H12O3. The summed E-state index contributed by atoms with van der Waals surface area (Å²) in [6.07, 6.45) is 2.21. The van der Waals surface area contributed by atoms with E-state index in [2.05, 4.69) is 0 Å². The van der Waals surface area contributed by atoms with Crippen LogP contribution in [0.4, 0.5) is 0 Å². The lowest BCUT2D eigenvalue weighted by Crippen LogP contribution is -2.23. The van der Waals surface area contributed by atoms with Gasteiger partial charge in [0.25, 0.3) is 0 Å². The van der Waals surface area contributed by atoms with Crippen LogP contribution < -0.4 is 0 Å². The number of hydrogen-bond acceptors (Lipinski definition) is 3. The maximum Gasteiger partial charge on any atom is 0.128 e. The Morgan fingerprint density at radius 2 is 2.50 bits per heavy atom. The highest BCUT2D eigenvalue weighted by molar-refractivity contribution is 5.60. The number of aliphatic hydroxyl groups excluding tert-OH is 1. The Kier molecular flexibility index (Phi) is 2.40. The van der Waals surface area contributed by atoms with Gasteiger partial charge in [0.2, 0.25) is 0 Å². The van der Waals surface area contributed by atoms with Crippen molar-refractivity contribution in [2.24, 2.45) is 5.41 Å². The largest absolute Gasteiger partial charge is 0.396 e. The van der Waals surface area contributed by atoms with Crippen LogP contribution in [0.15, 0.2) is 0 Å². The van der Waals surface area contributed by atoms with Gasteiger partial charge in [-0.15, -0.1) is 0 Å². The average Bonchev–Trinajstić information content (AvgIpc) is 2.39. The van der Waals surface area contributed by atoms with Gasteiger partial charge in [0.1, 0.15) is 6.29 Å². The molecule has 1 heterocycles. The summed E-state index contributed by atoms with van der Waals surface area (Å²) in [6.45, 7) is 1.21. The van der Waals surface area contributed by atoms with Gasteiger partial charge in [-0.1, -0.05) is 0 Å². The fraction of sp³-hybridized carbons (Fsp3) is 0.857. The van der Waals surface area contributed by atoms with E-state index in [1.807, 2.05) is 0 Å². The lowest BCUT2D eigenvalue weighted by molar-refractivity contribution is -0.117. The van der Waals surface area contributed by atoms with Crippen LogP contribution in [0.25, 0.3) is 0 Å². The minimum Gasteiger partial charge on any atom is -0.396 e. The molecule has 0 spiro atoms. The van der Waals surface area contributed by atoms with E-state index in [-0.39, 0.29) is 12.0 Å². The third-order valence-corrected chi connectivity index (χ3v) is 1.99. The highest BCUT2D eigenvalue weighted by atomic mass is 16.5. The summed E-state index contributed by atoms with van der Waals surface area (Å²) in [6, 6.07) is 0. The van der Waals surface area contributed by atoms with Crippen molar-refractivity contribution in [3.63, 3.8) is 0 Å². The number of carbonyl (C=O) groups excluding carboxylic acids is 1. The van der Waals surface area contributed by atoms with Crippen molar-refractivity contribution in [2.75, 3.05) is 19.8 Å². The zero-order valence-electron chi connectivity index (χ0n) is 5.88. The summed E-state index contributed by atoms with van der Waals surface area (Å²) in [5, 5.41) is 8.61. The van der Waals surface area contributed by atoms with Gasteiger partial charge in [-0.2, -0.15) is 0 Å². The maximum atomic E-state index is 10.5. The maximum absolute atomic E-state index is 10.5. The molecule has 0 aromatic carbocycles. The van der Waals surface area contributed by atoms with E-state index < -0.39 is 0 Å². The molecule has 58 valence electrons. The van der Waals surface area contributed by atoms with Crippen LogP contribution in [0.1, 0.15) is 12.8 Å². The van der Waals surface area contributed by atoms with Crippen molar-refractivity contribution < 1.29 is 14.6 Å². The molecule has 3 nitrogen and oxygen atoms in total. The third-order valence-electron chi connectivity index (χ3n) is 1.99. The molecule has 10 heavy (non-hydrogen) atoms. The van der Waals surface area contributed by atoms with E-state index in [1.54, 1.807) is 0 Å². The zero-order valence-corrected chi connectivity index (χ0v) is 5.88. The summed E-state index contributed by atoms with van der Waals surface area (Å²) in [5.74, 6) is 0. The van der Waals surface area contributed by atoms with Crippen molar-refractivity contribution >= 4 is 6.29 Å². The van der Waals surface area contributed by atoms with E-state index in [9.17, 15) is 4.79 Å². The van der Waals surface area contributed by atoms with Crippen LogP contribution in [0.5, 0.6) is 0 Å². The topological polar surface area (TPSA) is 46.5 Å². The molecule has 0 amide bonds. The molecular weight excluding hydrogens is 132 g/mol. The lowest BCUT2D eigenvalue weighted by Gasteiger charge is -2.17. The van der Waals surface area contributed by atoms with Gasteiger partial charge in [0.05, 0.1) is 12.0 Å². The molecule has 1 aliphatic heterocycles. The van der Waals surface area contributed by atoms with Crippen LogP contribution in [0, 0.1) is 5.41 Å². The Hall–Kier alpha value is -0.410. The van der Waals surface area contributed by atoms with E-state index in [0.29, 0.717) is 19.6 Å². The second-order valence-corrected chi connectivity index (χ2v) is 2.76. The summed E-state index contributed by atoms with van der Waals surface area (Å²) in [5.41, 5.74) is -0.366. The molecule has 1 N–H and O–H groups in total. The van der Waals surface area contributed by atoms with E-state index in [1.165, 1.54) is 0 Å². The van der Waals surface area contributed by atoms with Crippen molar-refractivity contribution in [3.05, 3.63) is 0 Å². The highest BCUT2D eigenvalue weighted by Gasteiger charge is 2.33. The number of rotatable bonds is 3. The quantitative estimate of drug-likeness (QED) is 0.566. The second-order valence-electron chi connectivity index (χ2n) is 2.76. The minimum absolute atomic E-state index is 0.0715. The zero-order chi connectivity index (χ0) is 7.45. The molecule has 1 fully saturated rings. The van der Waals surface area contributed by atoms with Crippen LogP contribution in [-0.4, -0.2) is 31.2 Å². The molecule has 0 saturated carbocycles. The minimum atomic E-state index is -0.366. The van der Waals surface area contributed by atoms with Gasteiger partial charge >= 0.3 is 0 Å². The molecule has 0 aromatic rings. The smallest absolute Gasteiger partial charge is 0.128 e. The first-order chi connectivity index (χ1) is 4.83. The molecule has 0 bridgehead atoms. The Balaban J connectivity index is 2.49. The van der Waals surface area contributed by atoms with Crippen molar-refractivity contribution in [1.29, 1.82) is 0 Å². The van der Waals surface area contributed by atoms with Crippen LogP contribution >= 0.6 is 0 Å². The molecule has 1 rings (SSSR count). The molecule has 1 saturated heterocycles.